The Morgan fingerprint density at radius 2 is 1.85 bits per heavy atom. The van der Waals surface area contributed by atoms with Crippen molar-refractivity contribution in [2.75, 3.05) is 31.7 Å². The molecule has 4 N–H and O–H groups in total. The van der Waals surface area contributed by atoms with E-state index in [0.717, 1.165) is 5.56 Å². The monoisotopic (exact) mass is 358 g/mol. The first-order chi connectivity index (χ1) is 12.7. The number of rotatable bonds is 10. The third-order valence-electron chi connectivity index (χ3n) is 3.20. The minimum atomic E-state index is -0.347. The number of hydrogen-bond donors (Lipinski definition) is 3. The first-order valence-electron chi connectivity index (χ1n) is 8.13. The Hall–Kier alpha value is -2.97. The van der Waals surface area contributed by atoms with Crippen molar-refractivity contribution >= 4 is 17.5 Å². The van der Waals surface area contributed by atoms with Gasteiger partial charge in [0.1, 0.15) is 25.6 Å². The SMILES string of the molecule is NCCOc1ccc(NC(=O)COCC(=O)NCc2cccnc2)cc1. The highest BCUT2D eigenvalue weighted by atomic mass is 16.5. The van der Waals surface area contributed by atoms with E-state index in [4.69, 9.17) is 15.2 Å². The van der Waals surface area contributed by atoms with Gasteiger partial charge in [-0.05, 0) is 35.9 Å². The molecule has 26 heavy (non-hydrogen) atoms. The number of nitrogens with zero attached hydrogens (tertiary/aromatic N) is 1. The second kappa shape index (κ2) is 10.8. The van der Waals surface area contributed by atoms with Gasteiger partial charge in [-0.2, -0.15) is 0 Å². The van der Waals surface area contributed by atoms with Gasteiger partial charge in [-0.1, -0.05) is 6.07 Å². The molecule has 1 aromatic heterocycles. The summed E-state index contributed by atoms with van der Waals surface area (Å²) in [6.07, 6.45) is 3.33. The lowest BCUT2D eigenvalue weighted by molar-refractivity contribution is -0.128. The fourth-order valence-corrected chi connectivity index (χ4v) is 2.00. The molecule has 0 aliphatic carbocycles. The Bertz CT molecular complexity index is 692. The van der Waals surface area contributed by atoms with Crippen molar-refractivity contribution in [2.24, 2.45) is 5.73 Å². The molecule has 1 heterocycles. The van der Waals surface area contributed by atoms with E-state index in [1.807, 2.05) is 6.07 Å². The number of hydrogen-bond acceptors (Lipinski definition) is 6. The third kappa shape index (κ3) is 7.29. The zero-order valence-corrected chi connectivity index (χ0v) is 14.3. The largest absolute Gasteiger partial charge is 0.492 e. The van der Waals surface area contributed by atoms with Gasteiger partial charge in [0.2, 0.25) is 11.8 Å². The number of benzene rings is 1. The second-order valence-corrected chi connectivity index (χ2v) is 5.34. The average molecular weight is 358 g/mol. The Morgan fingerprint density at radius 3 is 2.54 bits per heavy atom. The van der Waals surface area contributed by atoms with E-state index < -0.39 is 0 Å². The molecule has 1 aromatic carbocycles. The van der Waals surface area contributed by atoms with E-state index in [0.29, 0.717) is 31.1 Å². The molecule has 0 radical (unpaired) electrons. The summed E-state index contributed by atoms with van der Waals surface area (Å²) in [5.74, 6) is 0.0266. The number of nitrogens with one attached hydrogen (secondary N) is 2. The molecule has 0 unspecified atom stereocenters. The summed E-state index contributed by atoms with van der Waals surface area (Å²) in [6.45, 7) is 0.820. The van der Waals surface area contributed by atoms with Crippen LogP contribution in [0.1, 0.15) is 5.56 Å². The predicted molar refractivity (Wildman–Crippen MR) is 96.5 cm³/mol. The molecule has 0 saturated carbocycles. The maximum Gasteiger partial charge on any atom is 0.250 e. The molecule has 2 aromatic rings. The molecule has 2 amide bonds. The highest BCUT2D eigenvalue weighted by molar-refractivity contribution is 5.91. The zero-order valence-electron chi connectivity index (χ0n) is 14.3. The Kier molecular flexibility index (Phi) is 8.04. The van der Waals surface area contributed by atoms with Crippen LogP contribution in [0, 0.1) is 0 Å². The molecule has 0 spiro atoms. The van der Waals surface area contributed by atoms with Crippen LogP contribution in [0.4, 0.5) is 5.69 Å². The van der Waals surface area contributed by atoms with Crippen LogP contribution >= 0.6 is 0 Å². The van der Waals surface area contributed by atoms with Gasteiger partial charge in [-0.25, -0.2) is 0 Å². The van der Waals surface area contributed by atoms with Gasteiger partial charge in [0.05, 0.1) is 0 Å². The van der Waals surface area contributed by atoms with Gasteiger partial charge >= 0.3 is 0 Å². The summed E-state index contributed by atoms with van der Waals surface area (Å²) >= 11 is 0. The van der Waals surface area contributed by atoms with Crippen LogP contribution in [-0.4, -0.2) is 43.2 Å². The van der Waals surface area contributed by atoms with Crippen LogP contribution < -0.4 is 21.1 Å². The average Bonchev–Trinajstić information content (AvgIpc) is 2.66. The maximum atomic E-state index is 11.8. The molecule has 0 atom stereocenters. The minimum absolute atomic E-state index is 0.195. The van der Waals surface area contributed by atoms with Gasteiger partial charge in [-0.3, -0.25) is 14.6 Å². The summed E-state index contributed by atoms with van der Waals surface area (Å²) < 4.78 is 10.5. The number of ether oxygens (including phenoxy) is 2. The van der Waals surface area contributed by atoms with Crippen molar-refractivity contribution in [3.8, 4) is 5.75 Å². The maximum absolute atomic E-state index is 11.8. The van der Waals surface area contributed by atoms with E-state index in [-0.39, 0.29) is 25.0 Å². The zero-order chi connectivity index (χ0) is 18.6. The fraction of sp³-hybridized carbons (Fsp3) is 0.278. The number of carbonyl (C=O) groups is 2. The van der Waals surface area contributed by atoms with Crippen LogP contribution in [0.3, 0.4) is 0 Å². The Balaban J connectivity index is 1.63. The molecule has 0 fully saturated rings. The number of amides is 2. The molecule has 0 saturated heterocycles. The van der Waals surface area contributed by atoms with Gasteiger partial charge in [0.15, 0.2) is 0 Å². The van der Waals surface area contributed by atoms with Crippen LogP contribution in [0.2, 0.25) is 0 Å². The van der Waals surface area contributed by atoms with Crippen LogP contribution in [0.25, 0.3) is 0 Å². The summed E-state index contributed by atoms with van der Waals surface area (Å²) in [4.78, 5) is 27.4. The topological polar surface area (TPSA) is 116 Å². The van der Waals surface area contributed by atoms with Crippen LogP contribution in [0.5, 0.6) is 5.75 Å². The number of pyridine rings is 1. The molecular weight excluding hydrogens is 336 g/mol. The lowest BCUT2D eigenvalue weighted by Crippen LogP contribution is -2.29. The van der Waals surface area contributed by atoms with Crippen molar-refractivity contribution in [1.29, 1.82) is 0 Å². The van der Waals surface area contributed by atoms with E-state index >= 15 is 0 Å². The first-order valence-corrected chi connectivity index (χ1v) is 8.13. The highest BCUT2D eigenvalue weighted by Gasteiger charge is 2.06. The Morgan fingerprint density at radius 1 is 1.08 bits per heavy atom. The van der Waals surface area contributed by atoms with E-state index in [1.165, 1.54) is 0 Å². The summed E-state index contributed by atoms with van der Waals surface area (Å²) in [5, 5.41) is 5.36. The summed E-state index contributed by atoms with van der Waals surface area (Å²) in [7, 11) is 0. The predicted octanol–water partition coefficient (Wildman–Crippen LogP) is 0.691. The van der Waals surface area contributed by atoms with Gasteiger partial charge in [0, 0.05) is 31.2 Å². The van der Waals surface area contributed by atoms with E-state index in [1.54, 1.807) is 42.7 Å². The number of nitrogens with two attached hydrogens (primary N) is 1. The van der Waals surface area contributed by atoms with Gasteiger partial charge < -0.3 is 25.8 Å². The van der Waals surface area contributed by atoms with Crippen molar-refractivity contribution in [1.82, 2.24) is 10.3 Å². The minimum Gasteiger partial charge on any atom is -0.492 e. The van der Waals surface area contributed by atoms with E-state index in [9.17, 15) is 9.59 Å². The fourth-order valence-electron chi connectivity index (χ4n) is 2.00. The summed E-state index contributed by atoms with van der Waals surface area (Å²) in [5.41, 5.74) is 6.86. The van der Waals surface area contributed by atoms with Crippen LogP contribution in [0.15, 0.2) is 48.8 Å². The molecule has 0 bridgehead atoms. The molecule has 138 valence electrons. The van der Waals surface area contributed by atoms with Crippen molar-refractivity contribution in [3.05, 3.63) is 54.4 Å². The quantitative estimate of drug-likeness (QED) is 0.575. The van der Waals surface area contributed by atoms with Gasteiger partial charge in [0.25, 0.3) is 0 Å². The smallest absolute Gasteiger partial charge is 0.250 e. The normalized spacial score (nSPS) is 10.2. The van der Waals surface area contributed by atoms with Gasteiger partial charge in [-0.15, -0.1) is 0 Å². The molecule has 0 aliphatic heterocycles. The molecule has 0 aliphatic rings. The molecule has 8 heteroatoms. The molecule has 2 rings (SSSR count). The number of anilines is 1. The van der Waals surface area contributed by atoms with Crippen molar-refractivity contribution in [2.45, 2.75) is 6.54 Å². The lowest BCUT2D eigenvalue weighted by Gasteiger charge is -2.08. The Labute approximate surface area is 151 Å². The third-order valence-corrected chi connectivity index (χ3v) is 3.20. The van der Waals surface area contributed by atoms with E-state index in [2.05, 4.69) is 15.6 Å². The summed E-state index contributed by atoms with van der Waals surface area (Å²) in [6, 6.07) is 10.5. The number of aromatic nitrogens is 1. The molecule has 8 nitrogen and oxygen atoms in total. The second-order valence-electron chi connectivity index (χ2n) is 5.34. The molecular formula is C18H22N4O4. The highest BCUT2D eigenvalue weighted by Crippen LogP contribution is 2.15. The standard InChI is InChI=1S/C18H22N4O4/c19-7-9-26-16-5-3-15(4-6-16)22-18(24)13-25-12-17(23)21-11-14-2-1-8-20-10-14/h1-6,8,10H,7,9,11-13,19H2,(H,21,23)(H,22,24). The van der Waals surface area contributed by atoms with Crippen LogP contribution in [-0.2, 0) is 20.9 Å². The van der Waals surface area contributed by atoms with Crippen molar-refractivity contribution in [3.63, 3.8) is 0 Å². The lowest BCUT2D eigenvalue weighted by atomic mass is 10.3. The van der Waals surface area contributed by atoms with Crippen molar-refractivity contribution < 1.29 is 19.1 Å². The first kappa shape index (κ1) is 19.4. The number of carbonyl (C=O) groups excluding carboxylic acids is 2.